The first-order valence-corrected chi connectivity index (χ1v) is 14.2. The van der Waals surface area contributed by atoms with E-state index in [0.29, 0.717) is 23.5 Å². The number of fused-ring (bicyclic) bond motifs is 2. The van der Waals surface area contributed by atoms with E-state index in [4.69, 9.17) is 9.47 Å². The highest BCUT2D eigenvalue weighted by atomic mass is 32.2. The van der Waals surface area contributed by atoms with Gasteiger partial charge in [0.2, 0.25) is 0 Å². The highest BCUT2D eigenvalue weighted by molar-refractivity contribution is 7.90. The second-order valence-corrected chi connectivity index (χ2v) is 13.5. The van der Waals surface area contributed by atoms with Gasteiger partial charge in [-0.25, -0.2) is 22.4 Å². The summed E-state index contributed by atoms with van der Waals surface area (Å²) in [7, 11) is -1.70. The molecule has 0 radical (unpaired) electrons. The van der Waals surface area contributed by atoms with Crippen LogP contribution in [0, 0.1) is 24.2 Å². The van der Waals surface area contributed by atoms with E-state index in [2.05, 4.69) is 35.8 Å². The Bertz CT molecular complexity index is 1370. The first-order chi connectivity index (χ1) is 17.1. The number of hydrogen-bond donors (Lipinski definition) is 0. The molecule has 3 aliphatic rings. The molecule has 3 heterocycles. The summed E-state index contributed by atoms with van der Waals surface area (Å²) in [6.45, 7) is 7.79. The number of benzene rings is 1. The van der Waals surface area contributed by atoms with Gasteiger partial charge in [0.05, 0.1) is 23.5 Å². The Morgan fingerprint density at radius 2 is 1.64 bits per heavy atom. The number of nitrogens with zero attached hydrogens (tertiary/aromatic N) is 4. The van der Waals surface area contributed by atoms with E-state index >= 15 is 0 Å². The zero-order valence-electron chi connectivity index (χ0n) is 21.3. The first-order valence-electron chi connectivity index (χ1n) is 12.7. The van der Waals surface area contributed by atoms with E-state index < -0.39 is 15.8 Å². The van der Waals surface area contributed by atoms with Crippen molar-refractivity contribution < 1.29 is 17.9 Å². The molecular weight excluding hydrogens is 476 g/mol. The Morgan fingerprint density at radius 3 is 2.28 bits per heavy atom. The van der Waals surface area contributed by atoms with Crippen molar-refractivity contribution in [2.45, 2.75) is 63.2 Å². The summed E-state index contributed by atoms with van der Waals surface area (Å²) in [5, 5.41) is 0.741. The molecule has 0 bridgehead atoms. The highest BCUT2D eigenvalue weighted by Crippen LogP contribution is 2.53. The molecular formula is C27H34N4O4S. The Hall–Kier alpha value is -2.49. The zero-order chi connectivity index (χ0) is 25.3. The molecule has 9 heteroatoms. The van der Waals surface area contributed by atoms with Gasteiger partial charge in [0.25, 0.3) is 10.0 Å². The van der Waals surface area contributed by atoms with Crippen molar-refractivity contribution in [3.63, 3.8) is 0 Å². The van der Waals surface area contributed by atoms with Crippen LogP contribution in [0.5, 0.6) is 0 Å². The summed E-state index contributed by atoms with van der Waals surface area (Å²) < 4.78 is 40.5. The van der Waals surface area contributed by atoms with Crippen LogP contribution in [-0.4, -0.2) is 54.4 Å². The maximum atomic E-state index is 13.3. The molecule has 8 nitrogen and oxygen atoms in total. The molecule has 2 aromatic heterocycles. The van der Waals surface area contributed by atoms with Crippen molar-refractivity contribution in [3.05, 3.63) is 48.4 Å². The molecule has 192 valence electrons. The number of aromatic nitrogens is 3. The minimum atomic E-state index is -3.76. The predicted molar refractivity (Wildman–Crippen MR) is 137 cm³/mol. The monoisotopic (exact) mass is 510 g/mol. The number of rotatable bonds is 4. The van der Waals surface area contributed by atoms with Crippen molar-refractivity contribution in [1.82, 2.24) is 13.9 Å². The van der Waals surface area contributed by atoms with Crippen molar-refractivity contribution >= 4 is 26.9 Å². The van der Waals surface area contributed by atoms with E-state index in [9.17, 15) is 8.42 Å². The van der Waals surface area contributed by atoms with E-state index in [1.165, 1.54) is 10.3 Å². The third-order valence-corrected chi connectivity index (χ3v) is 9.98. The van der Waals surface area contributed by atoms with Gasteiger partial charge in [-0.15, -0.1) is 0 Å². The second kappa shape index (κ2) is 8.26. The number of ether oxygens (including phenoxy) is 2. The van der Waals surface area contributed by atoms with Crippen molar-refractivity contribution in [2.24, 2.45) is 17.3 Å². The van der Waals surface area contributed by atoms with E-state index in [0.717, 1.165) is 55.7 Å². The van der Waals surface area contributed by atoms with Crippen LogP contribution in [0.3, 0.4) is 0 Å². The second-order valence-electron chi connectivity index (χ2n) is 11.7. The third kappa shape index (κ3) is 3.92. The SMILES string of the molecule is Cc1ccc(S(=O)(=O)n2ccc3c(N(C)C4CC5CC6(C[C@@H]5C4)OCC(C)(C)CO6)ncnc32)cc1. The molecule has 2 aliphatic carbocycles. The summed E-state index contributed by atoms with van der Waals surface area (Å²) in [6, 6.07) is 9.01. The van der Waals surface area contributed by atoms with Crippen LogP contribution in [0.2, 0.25) is 0 Å². The standard InChI is InChI=1S/C27H34N4O4S/c1-18-5-7-22(8-6-18)36(32,33)31-10-9-23-24(28-17-29-25(23)31)30(4)21-11-19-13-27(14-20(19)12-21)34-15-26(2,3)16-35-27/h5-10,17,19-21H,11-16H2,1-4H3/t19-,20?,21?/m0/s1. The van der Waals surface area contributed by atoms with Crippen LogP contribution in [0.25, 0.3) is 11.0 Å². The van der Waals surface area contributed by atoms with Crippen LogP contribution in [-0.2, 0) is 19.5 Å². The van der Waals surface area contributed by atoms with Gasteiger partial charge in [-0.2, -0.15) is 0 Å². The topological polar surface area (TPSA) is 86.6 Å². The van der Waals surface area contributed by atoms with Crippen molar-refractivity contribution in [3.8, 4) is 0 Å². The molecule has 3 aromatic rings. The maximum absolute atomic E-state index is 13.3. The summed E-state index contributed by atoms with van der Waals surface area (Å²) in [6.07, 6.45) is 7.04. The minimum Gasteiger partial charge on any atom is -0.356 e. The molecule has 1 aromatic carbocycles. The zero-order valence-corrected chi connectivity index (χ0v) is 22.2. The van der Waals surface area contributed by atoms with E-state index in [-0.39, 0.29) is 10.3 Å². The largest absolute Gasteiger partial charge is 0.356 e. The molecule has 1 aliphatic heterocycles. The fourth-order valence-electron chi connectivity index (χ4n) is 6.24. The quantitative estimate of drug-likeness (QED) is 0.515. The van der Waals surface area contributed by atoms with Crippen LogP contribution >= 0.6 is 0 Å². The molecule has 3 atom stereocenters. The summed E-state index contributed by atoms with van der Waals surface area (Å²) in [4.78, 5) is 11.4. The number of hydrogen-bond acceptors (Lipinski definition) is 7. The van der Waals surface area contributed by atoms with Crippen LogP contribution < -0.4 is 4.90 Å². The fraction of sp³-hybridized carbons (Fsp3) is 0.556. The van der Waals surface area contributed by atoms with Crippen LogP contribution in [0.4, 0.5) is 5.82 Å². The molecule has 3 fully saturated rings. The normalized spacial score (nSPS) is 26.9. The van der Waals surface area contributed by atoms with Gasteiger partial charge in [0.15, 0.2) is 11.4 Å². The van der Waals surface area contributed by atoms with Gasteiger partial charge in [-0.3, -0.25) is 0 Å². The third-order valence-electron chi connectivity index (χ3n) is 8.30. The van der Waals surface area contributed by atoms with Crippen LogP contribution in [0.15, 0.2) is 47.8 Å². The Labute approximate surface area is 212 Å². The van der Waals surface area contributed by atoms with Crippen molar-refractivity contribution in [1.29, 1.82) is 0 Å². The maximum Gasteiger partial charge on any atom is 0.269 e. The predicted octanol–water partition coefficient (Wildman–Crippen LogP) is 4.37. The molecule has 1 spiro atoms. The summed E-state index contributed by atoms with van der Waals surface area (Å²) in [5.74, 6) is 1.48. The lowest BCUT2D eigenvalue weighted by molar-refractivity contribution is -0.297. The Kier molecular flexibility index (Phi) is 5.48. The number of aryl methyl sites for hydroxylation is 1. The molecule has 0 amide bonds. The van der Waals surface area contributed by atoms with Gasteiger partial charge in [-0.1, -0.05) is 31.5 Å². The Balaban J connectivity index is 1.22. The van der Waals surface area contributed by atoms with E-state index in [1.54, 1.807) is 30.5 Å². The lowest BCUT2D eigenvalue weighted by atomic mass is 9.94. The minimum absolute atomic E-state index is 0.0768. The number of anilines is 1. The first kappa shape index (κ1) is 23.9. The Morgan fingerprint density at radius 1 is 1.00 bits per heavy atom. The molecule has 36 heavy (non-hydrogen) atoms. The van der Waals surface area contributed by atoms with Crippen LogP contribution in [0.1, 0.15) is 45.1 Å². The average molecular weight is 511 g/mol. The van der Waals surface area contributed by atoms with Gasteiger partial charge in [0.1, 0.15) is 12.1 Å². The molecule has 1 saturated heterocycles. The van der Waals surface area contributed by atoms with Gasteiger partial charge < -0.3 is 14.4 Å². The van der Waals surface area contributed by atoms with E-state index in [1.807, 2.05) is 13.0 Å². The lowest BCUT2D eigenvalue weighted by Crippen LogP contribution is -2.46. The fourth-order valence-corrected chi connectivity index (χ4v) is 7.54. The van der Waals surface area contributed by atoms with Gasteiger partial charge >= 0.3 is 0 Å². The average Bonchev–Trinajstić information content (AvgIpc) is 3.53. The van der Waals surface area contributed by atoms with Gasteiger partial charge in [-0.05, 0) is 49.8 Å². The smallest absolute Gasteiger partial charge is 0.269 e. The lowest BCUT2D eigenvalue weighted by Gasteiger charge is -2.42. The summed E-state index contributed by atoms with van der Waals surface area (Å²) >= 11 is 0. The summed E-state index contributed by atoms with van der Waals surface area (Å²) in [5.41, 5.74) is 1.49. The highest BCUT2D eigenvalue weighted by Gasteiger charge is 2.54. The van der Waals surface area contributed by atoms with Crippen molar-refractivity contribution in [2.75, 3.05) is 25.2 Å². The molecule has 0 N–H and O–H groups in total. The molecule has 2 unspecified atom stereocenters. The molecule has 6 rings (SSSR count). The van der Waals surface area contributed by atoms with Gasteiger partial charge in [0, 0.05) is 37.5 Å². The molecule has 2 saturated carbocycles.